The van der Waals surface area contributed by atoms with E-state index in [0.29, 0.717) is 36.0 Å². The first-order valence-corrected chi connectivity index (χ1v) is 11.6. The van der Waals surface area contributed by atoms with Gasteiger partial charge in [-0.15, -0.1) is 0 Å². The van der Waals surface area contributed by atoms with Crippen molar-refractivity contribution in [3.8, 4) is 11.4 Å². The Hall–Kier alpha value is -3.53. The van der Waals surface area contributed by atoms with Gasteiger partial charge in [0.05, 0.1) is 29.3 Å². The number of halogens is 1. The second-order valence-corrected chi connectivity index (χ2v) is 8.81. The first-order valence-electron chi connectivity index (χ1n) is 11.6. The standard InChI is InChI=1S/C24H28FN7O2/c1-31-19-4-8-26-23(34)17(19)12-20(31)22-18(25)14-28-24(30-22)29-21-3-2-16(13-27-21)32-9-5-15(6-10-32)7-11-33/h2-3,12-15,33H,4-11H2,1H3,(H,26,34)(H,27,28,29,30). The number of carbonyl (C=O) groups excluding carboxylic acids is 1. The number of rotatable bonds is 6. The number of hydrogen-bond donors (Lipinski definition) is 3. The summed E-state index contributed by atoms with van der Waals surface area (Å²) in [7, 11) is 1.81. The average Bonchev–Trinajstić information content (AvgIpc) is 3.19. The number of pyridine rings is 1. The first-order chi connectivity index (χ1) is 16.5. The van der Waals surface area contributed by atoms with E-state index in [9.17, 15) is 9.18 Å². The van der Waals surface area contributed by atoms with Crippen LogP contribution in [-0.2, 0) is 13.5 Å². The quantitative estimate of drug-likeness (QED) is 0.514. The fourth-order valence-electron chi connectivity index (χ4n) is 4.79. The monoisotopic (exact) mass is 465 g/mol. The van der Waals surface area contributed by atoms with Crippen LogP contribution in [0.15, 0.2) is 30.6 Å². The summed E-state index contributed by atoms with van der Waals surface area (Å²) in [6.45, 7) is 2.70. The number of aliphatic hydroxyl groups is 1. The van der Waals surface area contributed by atoms with Gasteiger partial charge in [-0.25, -0.2) is 19.3 Å². The Morgan fingerprint density at radius 2 is 2.06 bits per heavy atom. The molecule has 0 spiro atoms. The molecule has 9 nitrogen and oxygen atoms in total. The summed E-state index contributed by atoms with van der Waals surface area (Å²) in [6.07, 6.45) is 6.62. The molecular formula is C24H28FN7O2. The van der Waals surface area contributed by atoms with Crippen molar-refractivity contribution in [2.24, 2.45) is 13.0 Å². The van der Waals surface area contributed by atoms with Crippen molar-refractivity contribution >= 4 is 23.4 Å². The highest BCUT2D eigenvalue weighted by molar-refractivity contribution is 5.97. The number of aromatic nitrogens is 4. The lowest BCUT2D eigenvalue weighted by Crippen LogP contribution is -2.33. The van der Waals surface area contributed by atoms with E-state index in [1.807, 2.05) is 29.9 Å². The normalized spacial score (nSPS) is 16.3. The van der Waals surface area contributed by atoms with E-state index in [1.165, 1.54) is 0 Å². The van der Waals surface area contributed by atoms with Crippen LogP contribution in [0.25, 0.3) is 11.4 Å². The molecule has 3 aromatic heterocycles. The van der Waals surface area contributed by atoms with E-state index in [-0.39, 0.29) is 24.2 Å². The fourth-order valence-corrected chi connectivity index (χ4v) is 4.79. The van der Waals surface area contributed by atoms with Crippen LogP contribution in [0.1, 0.15) is 35.3 Å². The minimum Gasteiger partial charge on any atom is -0.396 e. The van der Waals surface area contributed by atoms with Gasteiger partial charge >= 0.3 is 0 Å². The van der Waals surface area contributed by atoms with Crippen LogP contribution in [0.2, 0.25) is 0 Å². The van der Waals surface area contributed by atoms with Crippen LogP contribution in [-0.4, -0.2) is 56.8 Å². The zero-order chi connectivity index (χ0) is 23.7. The van der Waals surface area contributed by atoms with Crippen LogP contribution >= 0.6 is 0 Å². The molecule has 0 aromatic carbocycles. The molecule has 2 aliphatic rings. The molecular weight excluding hydrogens is 437 g/mol. The number of carbonyl (C=O) groups is 1. The van der Waals surface area contributed by atoms with Crippen molar-refractivity contribution < 1.29 is 14.3 Å². The van der Waals surface area contributed by atoms with Crippen molar-refractivity contribution in [3.63, 3.8) is 0 Å². The van der Waals surface area contributed by atoms with E-state index >= 15 is 0 Å². The Balaban J connectivity index is 1.32. The minimum atomic E-state index is -0.559. The summed E-state index contributed by atoms with van der Waals surface area (Å²) in [5, 5.41) is 15.0. The van der Waals surface area contributed by atoms with Crippen molar-refractivity contribution in [2.45, 2.75) is 25.7 Å². The number of hydrogen-bond acceptors (Lipinski definition) is 7. The third-order valence-electron chi connectivity index (χ3n) is 6.74. The Morgan fingerprint density at radius 1 is 1.24 bits per heavy atom. The molecule has 1 amide bonds. The van der Waals surface area contributed by atoms with E-state index < -0.39 is 5.82 Å². The van der Waals surface area contributed by atoms with E-state index in [1.54, 1.807) is 6.07 Å². The molecule has 10 heteroatoms. The third-order valence-corrected chi connectivity index (χ3v) is 6.74. The van der Waals surface area contributed by atoms with Gasteiger partial charge in [0.1, 0.15) is 11.5 Å². The Kier molecular flexibility index (Phi) is 6.14. The zero-order valence-corrected chi connectivity index (χ0v) is 19.1. The molecule has 0 bridgehead atoms. The van der Waals surface area contributed by atoms with Gasteiger partial charge in [0.2, 0.25) is 5.95 Å². The molecule has 5 heterocycles. The molecule has 2 aliphatic heterocycles. The van der Waals surface area contributed by atoms with Gasteiger partial charge in [0.15, 0.2) is 5.82 Å². The van der Waals surface area contributed by atoms with Crippen molar-refractivity contribution in [1.29, 1.82) is 0 Å². The summed E-state index contributed by atoms with van der Waals surface area (Å²) in [4.78, 5) is 27.4. The summed E-state index contributed by atoms with van der Waals surface area (Å²) < 4.78 is 16.5. The number of fused-ring (bicyclic) bond motifs is 1. The molecule has 0 saturated carbocycles. The van der Waals surface area contributed by atoms with Gasteiger partial charge in [-0.3, -0.25) is 4.79 Å². The third kappa shape index (κ3) is 4.33. The average molecular weight is 466 g/mol. The first kappa shape index (κ1) is 22.3. The molecule has 0 aliphatic carbocycles. The van der Waals surface area contributed by atoms with Crippen molar-refractivity contribution in [3.05, 3.63) is 47.7 Å². The minimum absolute atomic E-state index is 0.129. The Bertz CT molecular complexity index is 1190. The highest BCUT2D eigenvalue weighted by Crippen LogP contribution is 2.29. The topological polar surface area (TPSA) is 108 Å². The maximum Gasteiger partial charge on any atom is 0.253 e. The predicted molar refractivity (Wildman–Crippen MR) is 127 cm³/mol. The lowest BCUT2D eigenvalue weighted by atomic mass is 9.94. The van der Waals surface area contributed by atoms with Crippen LogP contribution < -0.4 is 15.5 Å². The molecule has 0 unspecified atom stereocenters. The van der Waals surface area contributed by atoms with Gasteiger partial charge < -0.3 is 25.2 Å². The zero-order valence-electron chi connectivity index (χ0n) is 19.1. The van der Waals surface area contributed by atoms with Gasteiger partial charge in [-0.05, 0) is 43.4 Å². The Labute approximate surface area is 197 Å². The largest absolute Gasteiger partial charge is 0.396 e. The molecule has 34 heavy (non-hydrogen) atoms. The van der Waals surface area contributed by atoms with Crippen LogP contribution in [0.4, 0.5) is 21.8 Å². The summed E-state index contributed by atoms with van der Waals surface area (Å²) in [5.74, 6) is 0.658. The lowest BCUT2D eigenvalue weighted by Gasteiger charge is -2.33. The van der Waals surface area contributed by atoms with Gasteiger partial charge in [0.25, 0.3) is 5.91 Å². The highest BCUT2D eigenvalue weighted by Gasteiger charge is 2.25. The highest BCUT2D eigenvalue weighted by atomic mass is 19.1. The number of nitrogens with zero attached hydrogens (tertiary/aromatic N) is 5. The number of amides is 1. The summed E-state index contributed by atoms with van der Waals surface area (Å²) in [6, 6.07) is 5.53. The number of aliphatic hydroxyl groups excluding tert-OH is 1. The van der Waals surface area contributed by atoms with Crippen molar-refractivity contribution in [2.75, 3.05) is 36.5 Å². The number of piperidine rings is 1. The van der Waals surface area contributed by atoms with E-state index in [2.05, 4.69) is 30.5 Å². The molecule has 0 radical (unpaired) electrons. The van der Waals surface area contributed by atoms with Crippen molar-refractivity contribution in [1.82, 2.24) is 24.8 Å². The van der Waals surface area contributed by atoms with Gasteiger partial charge in [-0.2, -0.15) is 0 Å². The Morgan fingerprint density at radius 3 is 2.76 bits per heavy atom. The SMILES string of the molecule is Cn1c(-c2nc(Nc3ccc(N4CCC(CCO)CC4)cn3)ncc2F)cc2c1CCNC2=O. The van der Waals surface area contributed by atoms with Crippen LogP contribution in [0.3, 0.4) is 0 Å². The van der Waals surface area contributed by atoms with Crippen LogP contribution in [0.5, 0.6) is 0 Å². The lowest BCUT2D eigenvalue weighted by molar-refractivity contribution is 0.0945. The predicted octanol–water partition coefficient (Wildman–Crippen LogP) is 2.64. The van der Waals surface area contributed by atoms with Gasteiger partial charge in [0, 0.05) is 45.4 Å². The maximum absolute atomic E-state index is 14.7. The molecule has 0 atom stereocenters. The smallest absolute Gasteiger partial charge is 0.253 e. The molecule has 5 rings (SSSR count). The number of anilines is 3. The fraction of sp³-hybridized carbons (Fsp3) is 0.417. The molecule has 1 fully saturated rings. The second kappa shape index (κ2) is 9.38. The second-order valence-electron chi connectivity index (χ2n) is 8.81. The molecule has 1 saturated heterocycles. The molecule has 3 aromatic rings. The van der Waals surface area contributed by atoms with Gasteiger partial charge in [-0.1, -0.05) is 0 Å². The summed E-state index contributed by atoms with van der Waals surface area (Å²) in [5.41, 5.74) is 3.11. The van der Waals surface area contributed by atoms with E-state index in [4.69, 9.17) is 5.11 Å². The van der Waals surface area contributed by atoms with E-state index in [0.717, 1.165) is 49.9 Å². The molecule has 178 valence electrons. The number of nitrogens with one attached hydrogen (secondary N) is 2. The maximum atomic E-state index is 14.7. The summed E-state index contributed by atoms with van der Waals surface area (Å²) >= 11 is 0. The van der Waals surface area contributed by atoms with Crippen LogP contribution in [0, 0.1) is 11.7 Å². The molecule has 3 N–H and O–H groups in total.